The number of rotatable bonds is 4. The van der Waals surface area contributed by atoms with E-state index in [1.807, 2.05) is 43.3 Å². The maximum atomic E-state index is 13.9. The number of H-pyrrole nitrogens is 1. The maximum Gasteiger partial charge on any atom is 0.410 e. The van der Waals surface area contributed by atoms with E-state index in [-0.39, 0.29) is 24.5 Å². The van der Waals surface area contributed by atoms with Gasteiger partial charge in [0, 0.05) is 34.1 Å². The average molecular weight is 488 g/mol. The van der Waals surface area contributed by atoms with Gasteiger partial charge in [0.1, 0.15) is 5.82 Å². The van der Waals surface area contributed by atoms with Gasteiger partial charge in [0.2, 0.25) is 0 Å². The molecule has 0 spiro atoms. The number of hydrogen-bond donors (Lipinski definition) is 3. The van der Waals surface area contributed by atoms with Crippen molar-refractivity contribution in [2.45, 2.75) is 38.1 Å². The van der Waals surface area contributed by atoms with Crippen LogP contribution in [0.2, 0.25) is 5.02 Å². The van der Waals surface area contributed by atoms with E-state index < -0.39 is 24.2 Å². The second-order valence-corrected chi connectivity index (χ2v) is 8.91. The molecule has 2 aromatic carbocycles. The highest BCUT2D eigenvalue weighted by atomic mass is 35.5. The van der Waals surface area contributed by atoms with Crippen LogP contribution in [-0.2, 0) is 6.54 Å². The number of carbonyl (C=O) groups is 1. The van der Waals surface area contributed by atoms with Crippen LogP contribution < -0.4 is 10.6 Å². The second-order valence-electron chi connectivity index (χ2n) is 8.47. The van der Waals surface area contributed by atoms with Gasteiger partial charge >= 0.3 is 6.18 Å². The number of alkyl halides is 3. The van der Waals surface area contributed by atoms with Crippen LogP contribution in [0.3, 0.4) is 0 Å². The van der Waals surface area contributed by atoms with E-state index in [4.69, 9.17) is 11.6 Å². The molecule has 0 saturated carbocycles. The fraction of sp³-hybridized carbons (Fsp3) is 0.250. The SMILES string of the molecule is Cc1ccc([C@H]2C[C@@H](C(F)(F)F)n3nc(C(=O)NCc4cc5cc(Cl)ccc5[nH]4)cc3N2)cc1. The Hall–Kier alpha value is -3.46. The largest absolute Gasteiger partial charge is 0.410 e. The van der Waals surface area contributed by atoms with Crippen molar-refractivity contribution in [3.8, 4) is 0 Å². The van der Waals surface area contributed by atoms with E-state index >= 15 is 0 Å². The summed E-state index contributed by atoms with van der Waals surface area (Å²) < 4.78 is 42.5. The average Bonchev–Trinajstić information content (AvgIpc) is 3.40. The summed E-state index contributed by atoms with van der Waals surface area (Å²) in [7, 11) is 0. The molecule has 2 aromatic heterocycles. The monoisotopic (exact) mass is 487 g/mol. The molecule has 10 heteroatoms. The highest BCUT2D eigenvalue weighted by molar-refractivity contribution is 6.31. The zero-order valence-corrected chi connectivity index (χ0v) is 18.8. The first-order valence-electron chi connectivity index (χ1n) is 10.7. The van der Waals surface area contributed by atoms with E-state index in [0.717, 1.165) is 32.4 Å². The molecule has 0 radical (unpaired) electrons. The van der Waals surface area contributed by atoms with Crippen molar-refractivity contribution in [3.63, 3.8) is 0 Å². The van der Waals surface area contributed by atoms with E-state index in [1.165, 1.54) is 6.07 Å². The molecule has 1 aliphatic heterocycles. The van der Waals surface area contributed by atoms with Crippen molar-refractivity contribution in [1.82, 2.24) is 20.1 Å². The summed E-state index contributed by atoms with van der Waals surface area (Å²) in [6.07, 6.45) is -4.73. The molecule has 0 fully saturated rings. The zero-order chi connectivity index (χ0) is 24.0. The number of amides is 1. The topological polar surface area (TPSA) is 74.7 Å². The standard InChI is InChI=1S/C24H21ClF3N5O/c1-13-2-4-14(5-3-13)19-10-21(24(26,27)28)33-22(31-19)11-20(32-33)23(34)29-12-17-9-15-8-16(25)6-7-18(15)30-17/h2-9,11,19,21,30-31H,10,12H2,1H3,(H,29,34)/t19-,21+/m1/s1. The number of hydrogen-bond acceptors (Lipinski definition) is 3. The van der Waals surface area contributed by atoms with Crippen molar-refractivity contribution in [1.29, 1.82) is 0 Å². The first-order valence-corrected chi connectivity index (χ1v) is 11.1. The lowest BCUT2D eigenvalue weighted by Gasteiger charge is -2.33. The normalized spacial score (nSPS) is 17.9. The van der Waals surface area contributed by atoms with Crippen LogP contribution in [0.5, 0.6) is 0 Å². The molecule has 0 saturated heterocycles. The van der Waals surface area contributed by atoms with Crippen LogP contribution in [0.4, 0.5) is 19.0 Å². The molecular weight excluding hydrogens is 467 g/mol. The first-order chi connectivity index (χ1) is 16.2. The number of fused-ring (bicyclic) bond motifs is 2. The Balaban J connectivity index is 1.36. The van der Waals surface area contributed by atoms with Crippen molar-refractivity contribution in [2.75, 3.05) is 5.32 Å². The summed E-state index contributed by atoms with van der Waals surface area (Å²) in [6, 6.07) is 13.6. The highest BCUT2D eigenvalue weighted by Gasteiger charge is 2.46. The Morgan fingerprint density at radius 1 is 1.18 bits per heavy atom. The lowest BCUT2D eigenvalue weighted by atomic mass is 9.96. The smallest absolute Gasteiger partial charge is 0.363 e. The molecule has 176 valence electrons. The lowest BCUT2D eigenvalue weighted by Crippen LogP contribution is -2.35. The molecule has 6 nitrogen and oxygen atoms in total. The Kier molecular flexibility index (Phi) is 5.51. The number of halogens is 4. The number of nitrogens with one attached hydrogen (secondary N) is 3. The van der Waals surface area contributed by atoms with Gasteiger partial charge in [-0.3, -0.25) is 4.79 Å². The van der Waals surface area contributed by atoms with Gasteiger partial charge in [-0.1, -0.05) is 41.4 Å². The predicted octanol–water partition coefficient (Wildman–Crippen LogP) is 5.92. The summed E-state index contributed by atoms with van der Waals surface area (Å²) in [5.41, 5.74) is 3.29. The van der Waals surface area contributed by atoms with Crippen LogP contribution in [-0.4, -0.2) is 26.8 Å². The molecule has 1 amide bonds. The molecule has 0 aliphatic carbocycles. The minimum atomic E-state index is -4.51. The van der Waals surface area contributed by atoms with Crippen molar-refractivity contribution in [2.24, 2.45) is 0 Å². The van der Waals surface area contributed by atoms with Gasteiger partial charge in [0.25, 0.3) is 5.91 Å². The summed E-state index contributed by atoms with van der Waals surface area (Å²) in [4.78, 5) is 15.9. The van der Waals surface area contributed by atoms with Crippen LogP contribution in [0.25, 0.3) is 10.9 Å². The quantitative estimate of drug-likeness (QED) is 0.334. The van der Waals surface area contributed by atoms with E-state index in [2.05, 4.69) is 20.7 Å². The summed E-state index contributed by atoms with van der Waals surface area (Å²) in [6.45, 7) is 2.08. The predicted molar refractivity (Wildman–Crippen MR) is 124 cm³/mol. The molecule has 2 atom stereocenters. The molecule has 0 unspecified atom stereocenters. The third kappa shape index (κ3) is 4.35. The Morgan fingerprint density at radius 3 is 2.68 bits per heavy atom. The lowest BCUT2D eigenvalue weighted by molar-refractivity contribution is -0.173. The van der Waals surface area contributed by atoms with Crippen molar-refractivity contribution in [3.05, 3.63) is 82.1 Å². The van der Waals surface area contributed by atoms with E-state index in [9.17, 15) is 18.0 Å². The van der Waals surface area contributed by atoms with Gasteiger partial charge < -0.3 is 15.6 Å². The van der Waals surface area contributed by atoms with Crippen LogP contribution in [0.15, 0.2) is 54.6 Å². The minimum Gasteiger partial charge on any atom is -0.363 e. The fourth-order valence-electron chi connectivity index (χ4n) is 4.23. The number of aromatic nitrogens is 3. The molecule has 3 N–H and O–H groups in total. The fourth-order valence-corrected chi connectivity index (χ4v) is 4.41. The van der Waals surface area contributed by atoms with Gasteiger partial charge in [-0.15, -0.1) is 0 Å². The van der Waals surface area contributed by atoms with Crippen LogP contribution >= 0.6 is 11.6 Å². The third-order valence-corrected chi connectivity index (χ3v) is 6.22. The summed E-state index contributed by atoms with van der Waals surface area (Å²) >= 11 is 6.00. The van der Waals surface area contributed by atoms with Gasteiger partial charge in [0.15, 0.2) is 11.7 Å². The number of nitrogens with zero attached hydrogens (tertiary/aromatic N) is 2. The third-order valence-electron chi connectivity index (χ3n) is 5.98. The molecule has 5 rings (SSSR count). The molecule has 1 aliphatic rings. The number of aromatic amines is 1. The number of carbonyl (C=O) groups excluding carboxylic acids is 1. The van der Waals surface area contributed by atoms with Crippen molar-refractivity contribution >= 4 is 34.2 Å². The van der Waals surface area contributed by atoms with Gasteiger partial charge in [-0.25, -0.2) is 4.68 Å². The Bertz CT molecular complexity index is 1360. The van der Waals surface area contributed by atoms with Gasteiger partial charge in [-0.05, 0) is 36.8 Å². The number of aryl methyl sites for hydroxylation is 1. The van der Waals surface area contributed by atoms with E-state index in [1.54, 1.807) is 12.1 Å². The van der Waals surface area contributed by atoms with Crippen LogP contribution in [0, 0.1) is 6.92 Å². The number of anilines is 1. The number of benzene rings is 2. The van der Waals surface area contributed by atoms with E-state index in [0.29, 0.717) is 5.02 Å². The molecule has 3 heterocycles. The second kappa shape index (κ2) is 8.39. The Labute approximate surface area is 198 Å². The highest BCUT2D eigenvalue weighted by Crippen LogP contribution is 2.43. The van der Waals surface area contributed by atoms with Crippen LogP contribution in [0.1, 0.15) is 45.8 Å². The van der Waals surface area contributed by atoms with Crippen molar-refractivity contribution < 1.29 is 18.0 Å². The Morgan fingerprint density at radius 2 is 1.94 bits per heavy atom. The van der Waals surface area contributed by atoms with Gasteiger partial charge in [0.05, 0.1) is 12.6 Å². The zero-order valence-electron chi connectivity index (χ0n) is 18.1. The molecule has 4 aromatic rings. The molecule has 0 bridgehead atoms. The van der Waals surface area contributed by atoms with Gasteiger partial charge in [-0.2, -0.15) is 18.3 Å². The first kappa shape index (κ1) is 22.3. The summed E-state index contributed by atoms with van der Waals surface area (Å²) in [5.74, 6) is -0.405. The minimum absolute atomic E-state index is 0.0829. The summed E-state index contributed by atoms with van der Waals surface area (Å²) in [5, 5.41) is 11.3. The molecular formula is C24H21ClF3N5O. The molecule has 34 heavy (non-hydrogen) atoms. The maximum absolute atomic E-state index is 13.9.